The lowest BCUT2D eigenvalue weighted by molar-refractivity contribution is -0.153. The van der Waals surface area contributed by atoms with Crippen molar-refractivity contribution in [3.63, 3.8) is 0 Å². The van der Waals surface area contributed by atoms with Crippen LogP contribution in [-0.2, 0) is 14.3 Å². The van der Waals surface area contributed by atoms with E-state index in [1.165, 1.54) is 6.42 Å². The molecule has 0 radical (unpaired) electrons. The number of likely N-dealkylation sites (tertiary alicyclic amines) is 1. The summed E-state index contributed by atoms with van der Waals surface area (Å²) < 4.78 is 5.16. The molecule has 0 aliphatic carbocycles. The first kappa shape index (κ1) is 16.0. The first-order chi connectivity index (χ1) is 8.88. The molecule has 1 rings (SSSR count). The fourth-order valence-corrected chi connectivity index (χ4v) is 2.06. The number of hydrogen-bond acceptors (Lipinski definition) is 4. The Bertz CT molecular complexity index is 304. The van der Waals surface area contributed by atoms with Gasteiger partial charge >= 0.3 is 5.97 Å². The van der Waals surface area contributed by atoms with Crippen molar-refractivity contribution in [2.24, 2.45) is 0 Å². The van der Waals surface area contributed by atoms with Crippen LogP contribution in [-0.4, -0.2) is 48.6 Å². The maximum atomic E-state index is 11.8. The number of piperidine rings is 1. The summed E-state index contributed by atoms with van der Waals surface area (Å²) in [6.45, 7) is 7.95. The molecule has 5 nitrogen and oxygen atoms in total. The number of nitrogens with zero attached hydrogens (tertiary/aromatic N) is 1. The van der Waals surface area contributed by atoms with Gasteiger partial charge < -0.3 is 15.0 Å². The van der Waals surface area contributed by atoms with Gasteiger partial charge in [0.15, 0.2) is 0 Å². The molecule has 0 bridgehead atoms. The van der Waals surface area contributed by atoms with Crippen molar-refractivity contribution in [3.05, 3.63) is 0 Å². The van der Waals surface area contributed by atoms with Gasteiger partial charge in [-0.05, 0) is 40.0 Å². The summed E-state index contributed by atoms with van der Waals surface area (Å²) in [5.74, 6) is -0.102. The Labute approximate surface area is 115 Å². The first-order valence-corrected chi connectivity index (χ1v) is 7.09. The maximum Gasteiger partial charge on any atom is 0.320 e. The third-order valence-electron chi connectivity index (χ3n) is 2.91. The Kier molecular flexibility index (Phi) is 6.28. The van der Waals surface area contributed by atoms with Crippen molar-refractivity contribution >= 4 is 11.9 Å². The molecule has 1 fully saturated rings. The van der Waals surface area contributed by atoms with Gasteiger partial charge in [0.05, 0.1) is 6.54 Å². The third-order valence-corrected chi connectivity index (χ3v) is 2.91. The van der Waals surface area contributed by atoms with Crippen LogP contribution < -0.4 is 5.32 Å². The molecule has 1 aliphatic rings. The summed E-state index contributed by atoms with van der Waals surface area (Å²) in [5.41, 5.74) is -0.456. The molecule has 0 unspecified atom stereocenters. The third kappa shape index (κ3) is 7.15. The second kappa shape index (κ2) is 7.48. The normalized spacial score (nSPS) is 16.3. The summed E-state index contributed by atoms with van der Waals surface area (Å²) in [4.78, 5) is 25.2. The first-order valence-electron chi connectivity index (χ1n) is 7.09. The number of esters is 1. The molecule has 19 heavy (non-hydrogen) atoms. The second-order valence-corrected chi connectivity index (χ2v) is 5.95. The van der Waals surface area contributed by atoms with Crippen molar-refractivity contribution in [2.75, 3.05) is 26.2 Å². The number of ether oxygens (including phenoxy) is 1. The Morgan fingerprint density at radius 3 is 2.37 bits per heavy atom. The van der Waals surface area contributed by atoms with Gasteiger partial charge in [0.2, 0.25) is 5.91 Å². The summed E-state index contributed by atoms with van der Waals surface area (Å²) in [7, 11) is 0. The van der Waals surface area contributed by atoms with Crippen LogP contribution in [0.1, 0.15) is 46.5 Å². The van der Waals surface area contributed by atoms with Crippen molar-refractivity contribution in [3.8, 4) is 0 Å². The van der Waals surface area contributed by atoms with Crippen LogP contribution in [0.25, 0.3) is 0 Å². The minimum atomic E-state index is -0.456. The zero-order valence-electron chi connectivity index (χ0n) is 12.3. The molecular formula is C14H26N2O3. The molecule has 0 atom stereocenters. The van der Waals surface area contributed by atoms with Crippen LogP contribution in [0.5, 0.6) is 0 Å². The predicted molar refractivity (Wildman–Crippen MR) is 73.8 cm³/mol. The minimum Gasteiger partial charge on any atom is -0.459 e. The molecule has 0 saturated carbocycles. The van der Waals surface area contributed by atoms with E-state index in [0.29, 0.717) is 13.0 Å². The van der Waals surface area contributed by atoms with E-state index in [1.54, 1.807) is 0 Å². The lowest BCUT2D eigenvalue weighted by Gasteiger charge is -2.26. The standard InChI is InChI=1S/C14H26N2O3/c1-14(2,3)19-13(18)11-15-8-7-12(17)16-9-5-4-6-10-16/h15H,4-11H2,1-3H3. The van der Waals surface area contributed by atoms with E-state index < -0.39 is 5.60 Å². The van der Waals surface area contributed by atoms with Crippen LogP contribution in [0.4, 0.5) is 0 Å². The van der Waals surface area contributed by atoms with Crippen LogP contribution in [0.15, 0.2) is 0 Å². The lowest BCUT2D eigenvalue weighted by Crippen LogP contribution is -2.38. The number of carbonyl (C=O) groups is 2. The summed E-state index contributed by atoms with van der Waals surface area (Å²) in [6, 6.07) is 0. The molecule has 1 aliphatic heterocycles. The molecule has 0 aromatic heterocycles. The molecule has 5 heteroatoms. The molecule has 110 valence electrons. The SMILES string of the molecule is CC(C)(C)OC(=O)CNCCC(=O)N1CCCCC1. The molecule has 1 saturated heterocycles. The van der Waals surface area contributed by atoms with Crippen LogP contribution in [0.3, 0.4) is 0 Å². The van der Waals surface area contributed by atoms with Crippen molar-refractivity contribution in [2.45, 2.75) is 52.1 Å². The van der Waals surface area contributed by atoms with Crippen LogP contribution in [0.2, 0.25) is 0 Å². The highest BCUT2D eigenvalue weighted by molar-refractivity contribution is 5.76. The predicted octanol–water partition coefficient (Wildman–Crippen LogP) is 1.32. The van der Waals surface area contributed by atoms with E-state index >= 15 is 0 Å². The van der Waals surface area contributed by atoms with Crippen LogP contribution >= 0.6 is 0 Å². The molecule has 0 aromatic carbocycles. The van der Waals surface area contributed by atoms with E-state index in [-0.39, 0.29) is 18.4 Å². The van der Waals surface area contributed by atoms with Gasteiger partial charge in [-0.1, -0.05) is 0 Å². The van der Waals surface area contributed by atoms with Gasteiger partial charge in [0, 0.05) is 26.1 Å². The van der Waals surface area contributed by atoms with Crippen molar-refractivity contribution < 1.29 is 14.3 Å². The molecular weight excluding hydrogens is 244 g/mol. The lowest BCUT2D eigenvalue weighted by atomic mass is 10.1. The summed E-state index contributed by atoms with van der Waals surface area (Å²) in [6.07, 6.45) is 3.89. The molecule has 1 heterocycles. The van der Waals surface area contributed by atoms with Crippen molar-refractivity contribution in [1.29, 1.82) is 0 Å². The number of nitrogens with one attached hydrogen (secondary N) is 1. The maximum absolute atomic E-state index is 11.8. The Balaban J connectivity index is 2.10. The van der Waals surface area contributed by atoms with Gasteiger partial charge in [-0.15, -0.1) is 0 Å². The number of rotatable bonds is 5. The highest BCUT2D eigenvalue weighted by Crippen LogP contribution is 2.09. The molecule has 1 N–H and O–H groups in total. The average molecular weight is 270 g/mol. The van der Waals surface area contributed by atoms with Crippen molar-refractivity contribution in [1.82, 2.24) is 10.2 Å². The average Bonchev–Trinajstić information content (AvgIpc) is 2.33. The molecule has 0 spiro atoms. The number of hydrogen-bond donors (Lipinski definition) is 1. The molecule has 0 aromatic rings. The quantitative estimate of drug-likeness (QED) is 0.604. The second-order valence-electron chi connectivity index (χ2n) is 5.95. The van der Waals surface area contributed by atoms with Crippen LogP contribution in [0, 0.1) is 0 Å². The van der Waals surface area contributed by atoms with Gasteiger partial charge in [0.25, 0.3) is 0 Å². The fourth-order valence-electron chi connectivity index (χ4n) is 2.06. The monoisotopic (exact) mass is 270 g/mol. The molecule has 1 amide bonds. The van der Waals surface area contributed by atoms with E-state index in [2.05, 4.69) is 5.32 Å². The smallest absolute Gasteiger partial charge is 0.320 e. The minimum absolute atomic E-state index is 0.157. The topological polar surface area (TPSA) is 58.6 Å². The van der Waals surface area contributed by atoms with E-state index in [0.717, 1.165) is 25.9 Å². The zero-order chi connectivity index (χ0) is 14.3. The summed E-state index contributed by atoms with van der Waals surface area (Å²) in [5, 5.41) is 2.96. The highest BCUT2D eigenvalue weighted by Gasteiger charge is 2.17. The van der Waals surface area contributed by atoms with Gasteiger partial charge in [-0.25, -0.2) is 0 Å². The Morgan fingerprint density at radius 2 is 1.79 bits per heavy atom. The number of amides is 1. The highest BCUT2D eigenvalue weighted by atomic mass is 16.6. The van der Waals surface area contributed by atoms with E-state index in [9.17, 15) is 9.59 Å². The fraction of sp³-hybridized carbons (Fsp3) is 0.857. The van der Waals surface area contributed by atoms with Gasteiger partial charge in [-0.3, -0.25) is 9.59 Å². The largest absolute Gasteiger partial charge is 0.459 e. The Hall–Kier alpha value is -1.10. The van der Waals surface area contributed by atoms with Gasteiger partial charge in [0.1, 0.15) is 5.60 Å². The Morgan fingerprint density at radius 1 is 1.16 bits per heavy atom. The van der Waals surface area contributed by atoms with E-state index in [1.807, 2.05) is 25.7 Å². The zero-order valence-corrected chi connectivity index (χ0v) is 12.3. The van der Waals surface area contributed by atoms with E-state index in [4.69, 9.17) is 4.74 Å². The van der Waals surface area contributed by atoms with Gasteiger partial charge in [-0.2, -0.15) is 0 Å². The summed E-state index contributed by atoms with van der Waals surface area (Å²) >= 11 is 0. The number of carbonyl (C=O) groups excluding carboxylic acids is 2.